The number of methoxy groups -OCH3 is 1. The maximum absolute atomic E-state index is 12.3. The van der Waals surface area contributed by atoms with Crippen molar-refractivity contribution in [3.05, 3.63) is 24.3 Å². The summed E-state index contributed by atoms with van der Waals surface area (Å²) in [6, 6.07) is 7.80. The summed E-state index contributed by atoms with van der Waals surface area (Å²) in [5.41, 5.74) is 1.08. The number of carbonyl (C=O) groups is 2. The van der Waals surface area contributed by atoms with E-state index in [1.807, 2.05) is 24.3 Å². The first-order valence-electron chi connectivity index (χ1n) is 8.24. The lowest BCUT2D eigenvalue weighted by molar-refractivity contribution is -0.141. The number of carbonyl (C=O) groups excluding carboxylic acids is 1. The van der Waals surface area contributed by atoms with Crippen molar-refractivity contribution in [3.8, 4) is 5.75 Å². The second-order valence-corrected chi connectivity index (χ2v) is 6.35. The molecule has 3 rings (SSSR count). The molecule has 0 radical (unpaired) electrons. The van der Waals surface area contributed by atoms with Crippen molar-refractivity contribution in [2.24, 2.45) is 5.92 Å². The Kier molecular flexibility index (Phi) is 4.78. The summed E-state index contributed by atoms with van der Waals surface area (Å²) in [6.07, 6.45) is 1.41. The predicted molar refractivity (Wildman–Crippen MR) is 89.5 cm³/mol. The third kappa shape index (κ3) is 3.55. The minimum Gasteiger partial charge on any atom is -0.497 e. The molecule has 1 aromatic rings. The predicted octanol–water partition coefficient (Wildman–Crippen LogP) is 1.39. The van der Waals surface area contributed by atoms with Crippen molar-refractivity contribution in [1.82, 2.24) is 10.2 Å². The molecule has 2 fully saturated rings. The van der Waals surface area contributed by atoms with E-state index in [0.717, 1.165) is 30.9 Å². The monoisotopic (exact) mass is 333 g/mol. The van der Waals surface area contributed by atoms with Gasteiger partial charge in [-0.15, -0.1) is 0 Å². The van der Waals surface area contributed by atoms with Crippen LogP contribution >= 0.6 is 0 Å². The summed E-state index contributed by atoms with van der Waals surface area (Å²) in [6.45, 7) is 2.42. The van der Waals surface area contributed by atoms with E-state index in [4.69, 9.17) is 9.84 Å². The molecule has 0 aromatic heterocycles. The molecule has 0 bridgehead atoms. The lowest BCUT2D eigenvalue weighted by Gasteiger charge is -2.22. The van der Waals surface area contributed by atoms with E-state index < -0.39 is 11.9 Å². The lowest BCUT2D eigenvalue weighted by atomic mass is 10.1. The quantitative estimate of drug-likeness (QED) is 0.870. The van der Waals surface area contributed by atoms with E-state index >= 15 is 0 Å². The van der Waals surface area contributed by atoms with Gasteiger partial charge in [-0.1, -0.05) is 6.07 Å². The van der Waals surface area contributed by atoms with Gasteiger partial charge in [0.05, 0.1) is 13.0 Å². The number of nitrogens with zero attached hydrogens (tertiary/aromatic N) is 2. The van der Waals surface area contributed by atoms with Crippen LogP contribution in [0.5, 0.6) is 5.75 Å². The van der Waals surface area contributed by atoms with Gasteiger partial charge in [-0.05, 0) is 25.0 Å². The SMILES string of the molecule is COc1cccc(N2CCC(NC(=O)N3CCC(C(=O)O)C3)C2)c1. The third-order valence-electron chi connectivity index (χ3n) is 4.76. The number of likely N-dealkylation sites (tertiary alicyclic amines) is 1. The van der Waals surface area contributed by atoms with E-state index in [2.05, 4.69) is 10.2 Å². The van der Waals surface area contributed by atoms with Gasteiger partial charge in [-0.2, -0.15) is 0 Å². The number of urea groups is 1. The molecule has 0 saturated carbocycles. The van der Waals surface area contributed by atoms with Gasteiger partial charge in [0.15, 0.2) is 0 Å². The van der Waals surface area contributed by atoms with Crippen LogP contribution in [-0.2, 0) is 4.79 Å². The second kappa shape index (κ2) is 6.98. The van der Waals surface area contributed by atoms with Gasteiger partial charge in [0.2, 0.25) is 0 Å². The number of ether oxygens (including phenoxy) is 1. The molecule has 2 heterocycles. The molecule has 24 heavy (non-hydrogen) atoms. The molecule has 2 atom stereocenters. The van der Waals surface area contributed by atoms with Gasteiger partial charge in [0.1, 0.15) is 5.75 Å². The van der Waals surface area contributed by atoms with Crippen molar-refractivity contribution < 1.29 is 19.4 Å². The number of hydrogen-bond acceptors (Lipinski definition) is 4. The molecule has 7 heteroatoms. The van der Waals surface area contributed by atoms with Crippen LogP contribution < -0.4 is 15.0 Å². The largest absolute Gasteiger partial charge is 0.497 e. The number of carboxylic acids is 1. The number of benzene rings is 1. The van der Waals surface area contributed by atoms with Gasteiger partial charge in [0.25, 0.3) is 0 Å². The smallest absolute Gasteiger partial charge is 0.317 e. The fraction of sp³-hybridized carbons (Fsp3) is 0.529. The molecule has 2 saturated heterocycles. The van der Waals surface area contributed by atoms with Gasteiger partial charge >= 0.3 is 12.0 Å². The van der Waals surface area contributed by atoms with Crippen LogP contribution in [0.2, 0.25) is 0 Å². The standard InChI is InChI=1S/C17H23N3O4/c1-24-15-4-2-3-14(9-15)19-8-6-13(11-19)18-17(23)20-7-5-12(10-20)16(21)22/h2-4,9,12-13H,5-8,10-11H2,1H3,(H,18,23)(H,21,22). The maximum atomic E-state index is 12.3. The minimum absolute atomic E-state index is 0.0765. The van der Waals surface area contributed by atoms with Crippen molar-refractivity contribution in [2.75, 3.05) is 38.2 Å². The summed E-state index contributed by atoms with van der Waals surface area (Å²) in [7, 11) is 1.65. The molecule has 2 aliphatic heterocycles. The van der Waals surface area contributed by atoms with Crippen LogP contribution in [0.15, 0.2) is 24.3 Å². The van der Waals surface area contributed by atoms with Gasteiger partial charge < -0.3 is 25.0 Å². The average molecular weight is 333 g/mol. The molecule has 2 aliphatic rings. The topological polar surface area (TPSA) is 82.1 Å². The summed E-state index contributed by atoms with van der Waals surface area (Å²) in [4.78, 5) is 27.1. The Bertz CT molecular complexity index is 622. The Morgan fingerprint density at radius 1 is 1.25 bits per heavy atom. The zero-order chi connectivity index (χ0) is 17.1. The number of anilines is 1. The normalized spacial score (nSPS) is 23.4. The molecule has 130 valence electrons. The third-order valence-corrected chi connectivity index (χ3v) is 4.76. The van der Waals surface area contributed by atoms with Gasteiger partial charge in [-0.25, -0.2) is 4.79 Å². The van der Waals surface area contributed by atoms with Crippen molar-refractivity contribution in [3.63, 3.8) is 0 Å². The number of nitrogens with one attached hydrogen (secondary N) is 1. The zero-order valence-corrected chi connectivity index (χ0v) is 13.8. The van der Waals surface area contributed by atoms with Crippen LogP contribution in [0.3, 0.4) is 0 Å². The van der Waals surface area contributed by atoms with E-state index in [9.17, 15) is 9.59 Å². The van der Waals surface area contributed by atoms with Crippen molar-refractivity contribution in [1.29, 1.82) is 0 Å². The van der Waals surface area contributed by atoms with Crippen molar-refractivity contribution in [2.45, 2.75) is 18.9 Å². The first-order chi connectivity index (χ1) is 11.6. The number of amides is 2. The molecular formula is C17H23N3O4. The summed E-state index contributed by atoms with van der Waals surface area (Å²) >= 11 is 0. The number of hydrogen-bond donors (Lipinski definition) is 2. The number of rotatable bonds is 4. The molecule has 2 unspecified atom stereocenters. The summed E-state index contributed by atoms with van der Waals surface area (Å²) < 4.78 is 5.25. The van der Waals surface area contributed by atoms with E-state index in [0.29, 0.717) is 19.5 Å². The van der Waals surface area contributed by atoms with E-state index in [-0.39, 0.29) is 12.1 Å². The molecule has 0 spiro atoms. The Morgan fingerprint density at radius 3 is 2.79 bits per heavy atom. The summed E-state index contributed by atoms with van der Waals surface area (Å²) in [5, 5.41) is 12.1. The fourth-order valence-electron chi connectivity index (χ4n) is 3.33. The van der Waals surface area contributed by atoms with Crippen LogP contribution in [-0.4, -0.2) is 61.3 Å². The van der Waals surface area contributed by atoms with E-state index in [1.54, 1.807) is 12.0 Å². The van der Waals surface area contributed by atoms with Gasteiger partial charge in [-0.3, -0.25) is 4.79 Å². The molecular weight excluding hydrogens is 310 g/mol. The van der Waals surface area contributed by atoms with Crippen LogP contribution in [0.25, 0.3) is 0 Å². The Hall–Kier alpha value is -2.44. The Labute approximate surface area is 141 Å². The first-order valence-corrected chi connectivity index (χ1v) is 8.24. The molecule has 2 N–H and O–H groups in total. The molecule has 2 amide bonds. The number of aliphatic carboxylic acids is 1. The molecule has 0 aliphatic carbocycles. The fourth-order valence-corrected chi connectivity index (χ4v) is 3.33. The first kappa shape index (κ1) is 16.4. The lowest BCUT2D eigenvalue weighted by Crippen LogP contribution is -2.45. The second-order valence-electron chi connectivity index (χ2n) is 6.35. The number of carboxylic acid groups (broad SMARTS) is 1. The van der Waals surface area contributed by atoms with Crippen LogP contribution in [0.4, 0.5) is 10.5 Å². The Morgan fingerprint density at radius 2 is 2.08 bits per heavy atom. The summed E-state index contributed by atoms with van der Waals surface area (Å²) in [5.74, 6) is -0.445. The highest BCUT2D eigenvalue weighted by Gasteiger charge is 2.32. The van der Waals surface area contributed by atoms with Crippen LogP contribution in [0, 0.1) is 5.92 Å². The van der Waals surface area contributed by atoms with E-state index in [1.165, 1.54) is 0 Å². The van der Waals surface area contributed by atoms with Gasteiger partial charge in [0, 0.05) is 44.0 Å². The molecule has 7 nitrogen and oxygen atoms in total. The Balaban J connectivity index is 1.52. The molecule has 1 aromatic carbocycles. The maximum Gasteiger partial charge on any atom is 0.317 e. The highest BCUT2D eigenvalue weighted by atomic mass is 16.5. The highest BCUT2D eigenvalue weighted by molar-refractivity contribution is 5.77. The highest BCUT2D eigenvalue weighted by Crippen LogP contribution is 2.25. The van der Waals surface area contributed by atoms with Crippen LogP contribution in [0.1, 0.15) is 12.8 Å². The zero-order valence-electron chi connectivity index (χ0n) is 13.8. The van der Waals surface area contributed by atoms with Crippen molar-refractivity contribution >= 4 is 17.7 Å². The minimum atomic E-state index is -0.824. The average Bonchev–Trinajstić information content (AvgIpc) is 3.24.